The molecular weight excluding hydrogens is 248 g/mol. The highest BCUT2D eigenvalue weighted by Crippen LogP contribution is 2.30. The first kappa shape index (κ1) is 12.9. The predicted molar refractivity (Wildman–Crippen MR) is 80.7 cm³/mol. The van der Waals surface area contributed by atoms with Crippen molar-refractivity contribution in [1.29, 1.82) is 0 Å². The van der Waals surface area contributed by atoms with E-state index in [1.807, 2.05) is 38.2 Å². The van der Waals surface area contributed by atoms with Crippen LogP contribution in [0.5, 0.6) is 0 Å². The Morgan fingerprint density at radius 3 is 2.55 bits per heavy atom. The molecule has 0 spiro atoms. The van der Waals surface area contributed by atoms with Crippen molar-refractivity contribution in [3.05, 3.63) is 64.7 Å². The fourth-order valence-corrected chi connectivity index (χ4v) is 2.69. The average Bonchev–Trinajstić information content (AvgIpc) is 2.71. The summed E-state index contributed by atoms with van der Waals surface area (Å²) in [6, 6.07) is 9.96. The third-order valence-electron chi connectivity index (χ3n) is 3.90. The smallest absolute Gasteiger partial charge is 0.106 e. The maximum absolute atomic E-state index is 6.42. The molecule has 0 fully saturated rings. The number of furan rings is 1. The Hall–Kier alpha value is -2.13. The van der Waals surface area contributed by atoms with Crippen LogP contribution in [-0.4, -0.2) is 4.98 Å². The molecule has 0 saturated heterocycles. The molecule has 3 heteroatoms. The molecule has 0 aliphatic carbocycles. The molecular formula is C17H18N2O. The molecule has 2 N–H and O–H groups in total. The Morgan fingerprint density at radius 2 is 1.85 bits per heavy atom. The number of benzene rings is 1. The highest BCUT2D eigenvalue weighted by molar-refractivity contribution is 5.79. The monoisotopic (exact) mass is 266 g/mol. The Bertz CT molecular complexity index is 774. The Balaban J connectivity index is 2.10. The molecule has 1 unspecified atom stereocenters. The Labute approximate surface area is 118 Å². The third kappa shape index (κ3) is 2.00. The van der Waals surface area contributed by atoms with Gasteiger partial charge in [0, 0.05) is 17.1 Å². The second kappa shape index (κ2) is 4.76. The standard InChI is InChI=1S/C17H18N2O/c1-10-11(2)20-12(3)16(10)17(18)14-8-13-6-4-5-7-15(13)19-9-14/h4-9,17H,18H2,1-3H3. The van der Waals surface area contributed by atoms with Crippen LogP contribution in [0.2, 0.25) is 0 Å². The summed E-state index contributed by atoms with van der Waals surface area (Å²) < 4.78 is 5.67. The van der Waals surface area contributed by atoms with E-state index < -0.39 is 0 Å². The lowest BCUT2D eigenvalue weighted by atomic mass is 9.96. The zero-order valence-corrected chi connectivity index (χ0v) is 12.0. The van der Waals surface area contributed by atoms with Crippen LogP contribution in [0.15, 0.2) is 40.9 Å². The van der Waals surface area contributed by atoms with Gasteiger partial charge in [-0.25, -0.2) is 0 Å². The van der Waals surface area contributed by atoms with Gasteiger partial charge >= 0.3 is 0 Å². The van der Waals surface area contributed by atoms with Crippen LogP contribution < -0.4 is 5.73 Å². The number of rotatable bonds is 2. The number of hydrogen-bond acceptors (Lipinski definition) is 3. The minimum Gasteiger partial charge on any atom is -0.466 e. The van der Waals surface area contributed by atoms with Gasteiger partial charge in [0.2, 0.25) is 0 Å². The summed E-state index contributed by atoms with van der Waals surface area (Å²) in [4.78, 5) is 4.48. The lowest BCUT2D eigenvalue weighted by Crippen LogP contribution is -2.13. The zero-order chi connectivity index (χ0) is 14.3. The van der Waals surface area contributed by atoms with Gasteiger partial charge in [-0.2, -0.15) is 0 Å². The fourth-order valence-electron chi connectivity index (χ4n) is 2.69. The van der Waals surface area contributed by atoms with E-state index >= 15 is 0 Å². The van der Waals surface area contributed by atoms with E-state index in [1.165, 1.54) is 0 Å². The highest BCUT2D eigenvalue weighted by Gasteiger charge is 2.19. The second-order valence-electron chi connectivity index (χ2n) is 5.19. The number of pyridine rings is 1. The molecule has 0 aliphatic heterocycles. The molecule has 3 rings (SSSR count). The number of aryl methyl sites for hydroxylation is 2. The molecule has 0 saturated carbocycles. The van der Waals surface area contributed by atoms with Crippen LogP contribution in [0.3, 0.4) is 0 Å². The number of nitrogens with zero attached hydrogens (tertiary/aromatic N) is 1. The summed E-state index contributed by atoms with van der Waals surface area (Å²) in [5.74, 6) is 1.82. The minimum absolute atomic E-state index is 0.204. The number of fused-ring (bicyclic) bond motifs is 1. The summed E-state index contributed by atoms with van der Waals surface area (Å²) in [6.45, 7) is 5.98. The number of hydrogen-bond donors (Lipinski definition) is 1. The number of nitrogens with two attached hydrogens (primary N) is 1. The van der Waals surface area contributed by atoms with Crippen LogP contribution in [0.1, 0.15) is 34.3 Å². The van der Waals surface area contributed by atoms with Crippen molar-refractivity contribution in [2.24, 2.45) is 5.73 Å². The van der Waals surface area contributed by atoms with E-state index in [0.717, 1.165) is 39.1 Å². The summed E-state index contributed by atoms with van der Waals surface area (Å²) in [6.07, 6.45) is 1.86. The number of para-hydroxylation sites is 1. The molecule has 2 heterocycles. The van der Waals surface area contributed by atoms with Gasteiger partial charge in [-0.15, -0.1) is 0 Å². The van der Waals surface area contributed by atoms with E-state index in [-0.39, 0.29) is 6.04 Å². The van der Waals surface area contributed by atoms with Crippen LogP contribution in [0.25, 0.3) is 10.9 Å². The van der Waals surface area contributed by atoms with Gasteiger partial charge in [0.1, 0.15) is 11.5 Å². The summed E-state index contributed by atoms with van der Waals surface area (Å²) in [5, 5.41) is 1.11. The first-order chi connectivity index (χ1) is 9.58. The molecule has 0 aliphatic rings. The van der Waals surface area contributed by atoms with Crippen molar-refractivity contribution in [1.82, 2.24) is 4.98 Å². The van der Waals surface area contributed by atoms with Crippen LogP contribution >= 0.6 is 0 Å². The van der Waals surface area contributed by atoms with E-state index in [4.69, 9.17) is 10.2 Å². The zero-order valence-electron chi connectivity index (χ0n) is 12.0. The lowest BCUT2D eigenvalue weighted by Gasteiger charge is -2.13. The molecule has 2 aromatic heterocycles. The molecule has 3 aromatic rings. The highest BCUT2D eigenvalue weighted by atomic mass is 16.3. The normalized spacial score (nSPS) is 12.8. The summed E-state index contributed by atoms with van der Waals surface area (Å²) in [5.41, 5.74) is 10.6. The molecule has 20 heavy (non-hydrogen) atoms. The summed E-state index contributed by atoms with van der Waals surface area (Å²) >= 11 is 0. The van der Waals surface area contributed by atoms with Gasteiger partial charge in [0.25, 0.3) is 0 Å². The van der Waals surface area contributed by atoms with E-state index in [0.29, 0.717) is 0 Å². The van der Waals surface area contributed by atoms with Crippen LogP contribution in [0, 0.1) is 20.8 Å². The molecule has 1 aromatic carbocycles. The van der Waals surface area contributed by atoms with E-state index in [1.54, 1.807) is 0 Å². The topological polar surface area (TPSA) is 52.0 Å². The second-order valence-corrected chi connectivity index (χ2v) is 5.19. The summed E-state index contributed by atoms with van der Waals surface area (Å²) in [7, 11) is 0. The number of aromatic nitrogens is 1. The Kier molecular flexibility index (Phi) is 3.07. The van der Waals surface area contributed by atoms with Crippen molar-refractivity contribution in [2.45, 2.75) is 26.8 Å². The van der Waals surface area contributed by atoms with Gasteiger partial charge in [0.15, 0.2) is 0 Å². The lowest BCUT2D eigenvalue weighted by molar-refractivity contribution is 0.498. The molecule has 0 bridgehead atoms. The van der Waals surface area contributed by atoms with Gasteiger partial charge in [0.05, 0.1) is 11.6 Å². The molecule has 1 atom stereocenters. The molecule has 0 radical (unpaired) electrons. The van der Waals surface area contributed by atoms with Gasteiger partial charge in [-0.3, -0.25) is 4.98 Å². The van der Waals surface area contributed by atoms with Crippen molar-refractivity contribution in [3.63, 3.8) is 0 Å². The van der Waals surface area contributed by atoms with Crippen molar-refractivity contribution >= 4 is 10.9 Å². The third-order valence-corrected chi connectivity index (χ3v) is 3.90. The van der Waals surface area contributed by atoms with Crippen LogP contribution in [0.4, 0.5) is 0 Å². The SMILES string of the molecule is Cc1oc(C)c(C(N)c2cnc3ccccc3c2)c1C. The van der Waals surface area contributed by atoms with Gasteiger partial charge in [-0.1, -0.05) is 18.2 Å². The van der Waals surface area contributed by atoms with Crippen molar-refractivity contribution < 1.29 is 4.42 Å². The fraction of sp³-hybridized carbons (Fsp3) is 0.235. The molecule has 3 nitrogen and oxygen atoms in total. The van der Waals surface area contributed by atoms with E-state index in [9.17, 15) is 0 Å². The first-order valence-electron chi connectivity index (χ1n) is 6.74. The van der Waals surface area contributed by atoms with E-state index in [2.05, 4.69) is 24.0 Å². The maximum atomic E-state index is 6.42. The van der Waals surface area contributed by atoms with Crippen molar-refractivity contribution in [3.8, 4) is 0 Å². The Morgan fingerprint density at radius 1 is 1.10 bits per heavy atom. The van der Waals surface area contributed by atoms with Crippen molar-refractivity contribution in [2.75, 3.05) is 0 Å². The van der Waals surface area contributed by atoms with Gasteiger partial charge < -0.3 is 10.2 Å². The minimum atomic E-state index is -0.204. The van der Waals surface area contributed by atoms with Gasteiger partial charge in [-0.05, 0) is 44.0 Å². The maximum Gasteiger partial charge on any atom is 0.106 e. The molecule has 0 amide bonds. The quantitative estimate of drug-likeness (QED) is 0.767. The average molecular weight is 266 g/mol. The largest absolute Gasteiger partial charge is 0.466 e. The predicted octanol–water partition coefficient (Wildman–Crippen LogP) is 3.80. The van der Waals surface area contributed by atoms with Crippen LogP contribution in [-0.2, 0) is 0 Å². The first-order valence-corrected chi connectivity index (χ1v) is 6.74. The molecule has 102 valence electrons.